The molecule has 3 aromatic rings. The fourth-order valence-electron chi connectivity index (χ4n) is 2.52. The van der Waals surface area contributed by atoms with E-state index >= 15 is 0 Å². The number of carbonyl (C=O) groups is 1. The molecule has 0 aliphatic heterocycles. The normalized spacial score (nSPS) is 10.8. The van der Waals surface area contributed by atoms with Gasteiger partial charge in [0.2, 0.25) is 0 Å². The van der Waals surface area contributed by atoms with Gasteiger partial charge in [0.05, 0.1) is 16.6 Å². The number of hydrogen-bond acceptors (Lipinski definition) is 4. The molecule has 5 heteroatoms. The lowest BCUT2D eigenvalue weighted by atomic mass is 10.2. The number of carbonyl (C=O) groups excluding carboxylic acids is 1. The summed E-state index contributed by atoms with van der Waals surface area (Å²) in [6.07, 6.45) is -0.0487. The van der Waals surface area contributed by atoms with Gasteiger partial charge >= 0.3 is 0 Å². The number of aliphatic carboxylic acids is 1. The zero-order valence-corrected chi connectivity index (χ0v) is 12.7. The third kappa shape index (κ3) is 2.99. The quantitative estimate of drug-likeness (QED) is 0.729. The number of benzene rings is 2. The van der Waals surface area contributed by atoms with E-state index in [0.717, 1.165) is 5.56 Å². The molecule has 1 aromatic heterocycles. The van der Waals surface area contributed by atoms with Crippen LogP contribution >= 0.6 is 0 Å². The summed E-state index contributed by atoms with van der Waals surface area (Å²) in [6.45, 7) is 1.96. The van der Waals surface area contributed by atoms with Gasteiger partial charge in [0, 0.05) is 12.4 Å². The van der Waals surface area contributed by atoms with Crippen molar-refractivity contribution >= 4 is 16.9 Å². The van der Waals surface area contributed by atoms with Gasteiger partial charge in [0.25, 0.3) is 5.56 Å². The highest BCUT2D eigenvalue weighted by molar-refractivity contribution is 5.78. The highest BCUT2D eigenvalue weighted by Crippen LogP contribution is 2.14. The topological polar surface area (TPSA) is 75.0 Å². The Morgan fingerprint density at radius 2 is 1.83 bits per heavy atom. The third-order valence-electron chi connectivity index (χ3n) is 3.69. The van der Waals surface area contributed by atoms with E-state index in [4.69, 9.17) is 0 Å². The SMILES string of the molecule is Cc1ccc(-n2c(CCC(=O)[O-])nc3ccccc3c2=O)cc1. The van der Waals surface area contributed by atoms with E-state index in [2.05, 4.69) is 4.98 Å². The second-order valence-electron chi connectivity index (χ2n) is 5.39. The molecule has 0 amide bonds. The zero-order chi connectivity index (χ0) is 16.4. The van der Waals surface area contributed by atoms with Crippen LogP contribution in [-0.4, -0.2) is 15.5 Å². The van der Waals surface area contributed by atoms with Crippen molar-refractivity contribution in [1.82, 2.24) is 9.55 Å². The molecule has 0 fully saturated rings. The van der Waals surface area contributed by atoms with Crippen molar-refractivity contribution in [2.24, 2.45) is 0 Å². The fourth-order valence-corrected chi connectivity index (χ4v) is 2.52. The summed E-state index contributed by atoms with van der Waals surface area (Å²) < 4.78 is 1.48. The van der Waals surface area contributed by atoms with Crippen LogP contribution in [0.1, 0.15) is 17.8 Å². The predicted molar refractivity (Wildman–Crippen MR) is 85.4 cm³/mol. The van der Waals surface area contributed by atoms with Gasteiger partial charge in [-0.15, -0.1) is 0 Å². The standard InChI is InChI=1S/C18H16N2O3/c1-12-6-8-13(9-7-12)20-16(10-11-17(21)22)19-15-5-3-2-4-14(15)18(20)23/h2-9H,10-11H2,1H3,(H,21,22)/p-1. The summed E-state index contributed by atoms with van der Waals surface area (Å²) in [4.78, 5) is 28.1. The Hall–Kier alpha value is -2.95. The van der Waals surface area contributed by atoms with Crippen LogP contribution in [0, 0.1) is 6.92 Å². The maximum atomic E-state index is 12.8. The molecule has 0 aliphatic carbocycles. The van der Waals surface area contributed by atoms with E-state index in [1.54, 1.807) is 24.3 Å². The molecule has 0 saturated heterocycles. The van der Waals surface area contributed by atoms with E-state index in [9.17, 15) is 14.7 Å². The Kier molecular flexibility index (Phi) is 3.93. The number of hydrogen-bond donors (Lipinski definition) is 0. The minimum Gasteiger partial charge on any atom is -0.550 e. The fraction of sp³-hybridized carbons (Fsp3) is 0.167. The molecule has 0 saturated carbocycles. The summed E-state index contributed by atoms with van der Waals surface area (Å²) in [5.41, 5.74) is 2.11. The van der Waals surface area contributed by atoms with Crippen LogP contribution in [0.3, 0.4) is 0 Å². The summed E-state index contributed by atoms with van der Waals surface area (Å²) in [7, 11) is 0. The molecule has 0 aliphatic rings. The highest BCUT2D eigenvalue weighted by atomic mass is 16.4. The van der Waals surface area contributed by atoms with Crippen molar-refractivity contribution in [2.45, 2.75) is 19.8 Å². The van der Waals surface area contributed by atoms with Crippen molar-refractivity contribution < 1.29 is 9.90 Å². The van der Waals surface area contributed by atoms with Gasteiger partial charge in [-0.1, -0.05) is 29.8 Å². The number of nitrogens with zero attached hydrogens (tertiary/aromatic N) is 2. The van der Waals surface area contributed by atoms with Crippen molar-refractivity contribution in [2.75, 3.05) is 0 Å². The summed E-state index contributed by atoms with van der Waals surface area (Å²) in [5, 5.41) is 11.3. The largest absolute Gasteiger partial charge is 0.550 e. The minimum atomic E-state index is -1.16. The number of aryl methyl sites for hydroxylation is 2. The molecular weight excluding hydrogens is 292 g/mol. The maximum Gasteiger partial charge on any atom is 0.265 e. The van der Waals surface area contributed by atoms with E-state index < -0.39 is 5.97 Å². The predicted octanol–water partition coefficient (Wildman–Crippen LogP) is 1.38. The van der Waals surface area contributed by atoms with Crippen LogP contribution in [-0.2, 0) is 11.2 Å². The van der Waals surface area contributed by atoms with Crippen molar-refractivity contribution in [3.8, 4) is 5.69 Å². The van der Waals surface area contributed by atoms with Crippen LogP contribution < -0.4 is 10.7 Å². The first-order chi connectivity index (χ1) is 11.1. The lowest BCUT2D eigenvalue weighted by Crippen LogP contribution is -2.27. The Morgan fingerprint density at radius 3 is 2.52 bits per heavy atom. The molecule has 0 unspecified atom stereocenters. The van der Waals surface area contributed by atoms with Crippen LogP contribution in [0.4, 0.5) is 0 Å². The Balaban J connectivity index is 2.25. The molecule has 0 N–H and O–H groups in total. The first kappa shape index (κ1) is 15.0. The third-order valence-corrected chi connectivity index (χ3v) is 3.69. The lowest BCUT2D eigenvalue weighted by molar-refractivity contribution is -0.305. The van der Waals surface area contributed by atoms with Gasteiger partial charge in [0.1, 0.15) is 5.82 Å². The molecule has 0 spiro atoms. The number of rotatable bonds is 4. The zero-order valence-electron chi connectivity index (χ0n) is 12.7. The van der Waals surface area contributed by atoms with Crippen LogP contribution in [0.15, 0.2) is 53.3 Å². The van der Waals surface area contributed by atoms with Crippen LogP contribution in [0.2, 0.25) is 0 Å². The number of aromatic nitrogens is 2. The maximum absolute atomic E-state index is 12.8. The molecule has 1 heterocycles. The van der Waals surface area contributed by atoms with E-state index in [-0.39, 0.29) is 18.4 Å². The first-order valence-corrected chi connectivity index (χ1v) is 7.34. The van der Waals surface area contributed by atoms with Crippen LogP contribution in [0.25, 0.3) is 16.6 Å². The first-order valence-electron chi connectivity index (χ1n) is 7.34. The average Bonchev–Trinajstić information content (AvgIpc) is 2.54. The van der Waals surface area contributed by atoms with Gasteiger partial charge < -0.3 is 9.90 Å². The molecule has 0 atom stereocenters. The molecule has 0 radical (unpaired) electrons. The highest BCUT2D eigenvalue weighted by Gasteiger charge is 2.12. The number of carboxylic acid groups (broad SMARTS) is 1. The molecule has 0 bridgehead atoms. The number of carboxylic acids is 1. The van der Waals surface area contributed by atoms with Crippen molar-refractivity contribution in [3.05, 3.63) is 70.3 Å². The molecule has 3 rings (SSSR count). The monoisotopic (exact) mass is 307 g/mol. The van der Waals surface area contributed by atoms with E-state index in [1.807, 2.05) is 31.2 Å². The minimum absolute atomic E-state index is 0.135. The Labute approximate surface area is 132 Å². The molecule has 116 valence electrons. The average molecular weight is 307 g/mol. The van der Waals surface area contributed by atoms with E-state index in [1.165, 1.54) is 4.57 Å². The second-order valence-corrected chi connectivity index (χ2v) is 5.39. The summed E-state index contributed by atoms with van der Waals surface area (Å²) >= 11 is 0. The van der Waals surface area contributed by atoms with Crippen molar-refractivity contribution in [1.29, 1.82) is 0 Å². The summed E-state index contributed by atoms with van der Waals surface area (Å²) in [6, 6.07) is 14.5. The number of fused-ring (bicyclic) bond motifs is 1. The summed E-state index contributed by atoms with van der Waals surface area (Å²) in [5.74, 6) is -0.746. The van der Waals surface area contributed by atoms with Gasteiger partial charge in [-0.3, -0.25) is 9.36 Å². The Bertz CT molecular complexity index is 927. The van der Waals surface area contributed by atoms with Crippen molar-refractivity contribution in [3.63, 3.8) is 0 Å². The van der Waals surface area contributed by atoms with E-state index in [0.29, 0.717) is 22.4 Å². The Morgan fingerprint density at radius 1 is 1.13 bits per heavy atom. The van der Waals surface area contributed by atoms with Gasteiger partial charge in [-0.05, 0) is 37.6 Å². The smallest absolute Gasteiger partial charge is 0.265 e. The van der Waals surface area contributed by atoms with Crippen LogP contribution in [0.5, 0.6) is 0 Å². The molecule has 2 aromatic carbocycles. The molecule has 23 heavy (non-hydrogen) atoms. The van der Waals surface area contributed by atoms with Gasteiger partial charge in [-0.25, -0.2) is 4.98 Å². The van der Waals surface area contributed by atoms with Gasteiger partial charge in [-0.2, -0.15) is 0 Å². The molecule has 5 nitrogen and oxygen atoms in total. The molecular formula is C18H15N2O3-. The second kappa shape index (κ2) is 6.04. The number of para-hydroxylation sites is 1. The van der Waals surface area contributed by atoms with Gasteiger partial charge in [0.15, 0.2) is 0 Å². The lowest BCUT2D eigenvalue weighted by Gasteiger charge is -2.14.